The lowest BCUT2D eigenvalue weighted by Gasteiger charge is -2.29. The molecule has 1 aromatic heterocycles. The summed E-state index contributed by atoms with van der Waals surface area (Å²) in [6.07, 6.45) is 0. The van der Waals surface area contributed by atoms with Crippen LogP contribution in [-0.2, 0) is 16.1 Å². The molecular formula is C20H24ClN5O4. The van der Waals surface area contributed by atoms with E-state index in [1.165, 1.54) is 0 Å². The van der Waals surface area contributed by atoms with Gasteiger partial charge in [0.1, 0.15) is 5.82 Å². The number of esters is 1. The molecule has 2 aromatic rings. The second-order valence-electron chi connectivity index (χ2n) is 6.91. The van der Waals surface area contributed by atoms with Crippen molar-refractivity contribution in [3.05, 3.63) is 50.7 Å². The molecule has 0 bridgehead atoms. The Hall–Kier alpha value is -2.91. The Bertz CT molecular complexity index is 1060. The van der Waals surface area contributed by atoms with Gasteiger partial charge >= 0.3 is 12.0 Å². The van der Waals surface area contributed by atoms with Crippen LogP contribution in [0.4, 0.5) is 4.79 Å². The molecule has 0 aliphatic carbocycles. The first-order valence-corrected chi connectivity index (χ1v) is 10.1. The molecule has 3 N–H and O–H groups in total. The van der Waals surface area contributed by atoms with Crippen molar-refractivity contribution in [1.29, 1.82) is 0 Å². The number of aromatic nitrogens is 2. The minimum absolute atomic E-state index is 0.235. The van der Waals surface area contributed by atoms with Gasteiger partial charge in [0, 0.05) is 17.3 Å². The number of carbonyl (C=O) groups excluding carboxylic acids is 2. The molecular weight excluding hydrogens is 410 g/mol. The normalized spacial score (nSPS) is 16.6. The molecule has 2 amide bonds. The average molecular weight is 434 g/mol. The Morgan fingerprint density at radius 1 is 1.27 bits per heavy atom. The summed E-state index contributed by atoms with van der Waals surface area (Å²) in [7, 11) is 0. The Kier molecular flexibility index (Phi) is 6.73. The van der Waals surface area contributed by atoms with Gasteiger partial charge in [-0.1, -0.05) is 18.5 Å². The maximum atomic E-state index is 12.4. The zero-order valence-electron chi connectivity index (χ0n) is 17.0. The van der Waals surface area contributed by atoms with Crippen molar-refractivity contribution < 1.29 is 14.3 Å². The SMILES string of the molecule is CCOC(=O)C1=C(CN(CC)Cc2nc3cc(Cl)ccc3c(=O)[nH]2)NC(=O)N[C@@H]1C. The number of carbonyl (C=O) groups is 2. The third kappa shape index (κ3) is 4.80. The first kappa shape index (κ1) is 21.8. The minimum atomic E-state index is -0.479. The van der Waals surface area contributed by atoms with Gasteiger partial charge in [0.2, 0.25) is 0 Å². The number of nitrogens with zero attached hydrogens (tertiary/aromatic N) is 2. The lowest BCUT2D eigenvalue weighted by molar-refractivity contribution is -0.139. The zero-order chi connectivity index (χ0) is 21.8. The van der Waals surface area contributed by atoms with Gasteiger partial charge < -0.3 is 20.4 Å². The van der Waals surface area contributed by atoms with Crippen LogP contribution in [0.2, 0.25) is 5.02 Å². The summed E-state index contributed by atoms with van der Waals surface area (Å²) in [4.78, 5) is 46.0. The largest absolute Gasteiger partial charge is 0.463 e. The molecule has 0 saturated heterocycles. The fourth-order valence-corrected chi connectivity index (χ4v) is 3.52. The molecule has 1 atom stereocenters. The van der Waals surface area contributed by atoms with Crippen LogP contribution in [-0.4, -0.2) is 52.6 Å². The highest BCUT2D eigenvalue weighted by molar-refractivity contribution is 6.31. The van der Waals surface area contributed by atoms with E-state index in [9.17, 15) is 14.4 Å². The highest BCUT2D eigenvalue weighted by Crippen LogP contribution is 2.17. The topological polar surface area (TPSA) is 116 Å². The molecule has 0 saturated carbocycles. The third-order valence-corrected chi connectivity index (χ3v) is 5.02. The number of benzene rings is 1. The Morgan fingerprint density at radius 3 is 2.73 bits per heavy atom. The van der Waals surface area contributed by atoms with Crippen LogP contribution in [0.25, 0.3) is 10.9 Å². The van der Waals surface area contributed by atoms with Crippen LogP contribution in [0.1, 0.15) is 26.6 Å². The molecule has 1 aromatic carbocycles. The molecule has 1 aliphatic heterocycles. The van der Waals surface area contributed by atoms with Crippen LogP contribution in [0, 0.1) is 0 Å². The van der Waals surface area contributed by atoms with Crippen molar-refractivity contribution >= 4 is 34.5 Å². The van der Waals surface area contributed by atoms with Crippen molar-refractivity contribution in [3.8, 4) is 0 Å². The maximum Gasteiger partial charge on any atom is 0.337 e. The van der Waals surface area contributed by atoms with Crippen molar-refractivity contribution in [2.24, 2.45) is 0 Å². The molecule has 160 valence electrons. The summed E-state index contributed by atoms with van der Waals surface area (Å²) in [6, 6.07) is 4.05. The predicted octanol–water partition coefficient (Wildman–Crippen LogP) is 1.92. The van der Waals surface area contributed by atoms with Crippen molar-refractivity contribution in [1.82, 2.24) is 25.5 Å². The first-order chi connectivity index (χ1) is 14.3. The summed E-state index contributed by atoms with van der Waals surface area (Å²) >= 11 is 6.03. The monoisotopic (exact) mass is 433 g/mol. The number of fused-ring (bicyclic) bond motifs is 1. The number of amides is 2. The van der Waals surface area contributed by atoms with Gasteiger partial charge in [-0.25, -0.2) is 14.6 Å². The number of hydrogen-bond acceptors (Lipinski definition) is 6. The number of halogens is 1. The molecule has 0 spiro atoms. The van der Waals surface area contributed by atoms with Gasteiger partial charge in [-0.3, -0.25) is 9.69 Å². The van der Waals surface area contributed by atoms with Crippen LogP contribution in [0.3, 0.4) is 0 Å². The number of rotatable bonds is 7. The number of urea groups is 1. The van der Waals surface area contributed by atoms with Gasteiger partial charge in [-0.15, -0.1) is 0 Å². The molecule has 0 radical (unpaired) electrons. The lowest BCUT2D eigenvalue weighted by Crippen LogP contribution is -2.51. The molecule has 30 heavy (non-hydrogen) atoms. The number of ether oxygens (including phenoxy) is 1. The van der Waals surface area contributed by atoms with Gasteiger partial charge in [-0.2, -0.15) is 0 Å². The molecule has 10 heteroatoms. The fraction of sp³-hybridized carbons (Fsp3) is 0.400. The predicted molar refractivity (Wildman–Crippen MR) is 113 cm³/mol. The zero-order valence-corrected chi connectivity index (χ0v) is 17.8. The number of nitrogens with one attached hydrogen (secondary N) is 3. The summed E-state index contributed by atoms with van der Waals surface area (Å²) < 4.78 is 5.15. The van der Waals surface area contributed by atoms with E-state index in [0.29, 0.717) is 46.1 Å². The van der Waals surface area contributed by atoms with E-state index in [4.69, 9.17) is 16.3 Å². The Labute approximate surface area is 178 Å². The van der Waals surface area contributed by atoms with Gasteiger partial charge in [-0.05, 0) is 38.6 Å². The first-order valence-electron chi connectivity index (χ1n) is 9.70. The lowest BCUT2D eigenvalue weighted by atomic mass is 10.0. The Balaban J connectivity index is 1.89. The third-order valence-electron chi connectivity index (χ3n) is 4.79. The van der Waals surface area contributed by atoms with E-state index in [1.54, 1.807) is 32.0 Å². The molecule has 9 nitrogen and oxygen atoms in total. The van der Waals surface area contributed by atoms with E-state index in [0.717, 1.165) is 0 Å². The van der Waals surface area contributed by atoms with Crippen molar-refractivity contribution in [2.75, 3.05) is 19.7 Å². The number of aromatic amines is 1. The van der Waals surface area contributed by atoms with Gasteiger partial charge in [0.05, 0.1) is 35.7 Å². The highest BCUT2D eigenvalue weighted by atomic mass is 35.5. The van der Waals surface area contributed by atoms with Crippen LogP contribution in [0.5, 0.6) is 0 Å². The van der Waals surface area contributed by atoms with E-state index in [2.05, 4.69) is 20.6 Å². The average Bonchev–Trinajstić information content (AvgIpc) is 2.66. The second kappa shape index (κ2) is 9.27. The van der Waals surface area contributed by atoms with E-state index in [1.807, 2.05) is 11.8 Å². The van der Waals surface area contributed by atoms with Crippen molar-refractivity contribution in [3.63, 3.8) is 0 Å². The number of H-pyrrole nitrogens is 1. The van der Waals surface area contributed by atoms with Gasteiger partial charge in [0.25, 0.3) is 5.56 Å². The minimum Gasteiger partial charge on any atom is -0.463 e. The number of likely N-dealkylation sites (N-methyl/N-ethyl adjacent to an activating group) is 1. The quantitative estimate of drug-likeness (QED) is 0.574. The molecule has 1 aliphatic rings. The summed E-state index contributed by atoms with van der Waals surface area (Å²) in [6.45, 7) is 6.81. The summed E-state index contributed by atoms with van der Waals surface area (Å²) in [5.41, 5.74) is 1.10. The van der Waals surface area contributed by atoms with E-state index < -0.39 is 12.0 Å². The molecule has 0 unspecified atom stereocenters. The van der Waals surface area contributed by atoms with E-state index in [-0.39, 0.29) is 24.7 Å². The van der Waals surface area contributed by atoms with Crippen LogP contribution < -0.4 is 16.2 Å². The molecule has 0 fully saturated rings. The van der Waals surface area contributed by atoms with Crippen LogP contribution in [0.15, 0.2) is 34.3 Å². The smallest absolute Gasteiger partial charge is 0.337 e. The summed E-state index contributed by atoms with van der Waals surface area (Å²) in [5, 5.41) is 6.34. The molecule has 3 rings (SSSR count). The fourth-order valence-electron chi connectivity index (χ4n) is 3.35. The van der Waals surface area contributed by atoms with Gasteiger partial charge in [0.15, 0.2) is 0 Å². The Morgan fingerprint density at radius 2 is 2.03 bits per heavy atom. The van der Waals surface area contributed by atoms with Crippen LogP contribution >= 0.6 is 11.6 Å². The van der Waals surface area contributed by atoms with E-state index >= 15 is 0 Å². The van der Waals surface area contributed by atoms with Crippen molar-refractivity contribution in [2.45, 2.75) is 33.4 Å². The molecule has 2 heterocycles. The number of hydrogen-bond donors (Lipinski definition) is 3. The maximum absolute atomic E-state index is 12.4. The highest BCUT2D eigenvalue weighted by Gasteiger charge is 2.30. The summed E-state index contributed by atoms with van der Waals surface area (Å²) in [5.74, 6) is -0.0151. The second-order valence-corrected chi connectivity index (χ2v) is 7.35. The standard InChI is InChI=1S/C20H24ClN5O4/c1-4-26(9-15-17(19(28)30-5-2)11(3)22-20(29)24-15)10-16-23-14-8-12(21)6-7-13(14)18(27)25-16/h6-8,11H,4-5,9-10H2,1-3H3,(H2,22,24,29)(H,23,25,27)/t11-/m1/s1.